The molecule has 1 amide bonds. The molecule has 1 aromatic carbocycles. The van der Waals surface area contributed by atoms with E-state index in [2.05, 4.69) is 14.6 Å². The quantitative estimate of drug-likeness (QED) is 0.655. The maximum Gasteiger partial charge on any atom is 0.253 e. The van der Waals surface area contributed by atoms with Crippen molar-refractivity contribution in [2.45, 2.75) is 30.4 Å². The lowest BCUT2D eigenvalue weighted by Gasteiger charge is -2.34. The van der Waals surface area contributed by atoms with Gasteiger partial charge in [-0.05, 0) is 48.7 Å². The highest BCUT2D eigenvalue weighted by atomic mass is 35.5. The number of carbonyl (C=O) groups is 1. The molecule has 2 aliphatic heterocycles. The molecule has 32 heavy (non-hydrogen) atoms. The molecule has 2 saturated heterocycles. The molecule has 1 N–H and O–H groups in total. The molecule has 2 aromatic rings. The van der Waals surface area contributed by atoms with E-state index in [0.29, 0.717) is 25.3 Å². The highest BCUT2D eigenvalue weighted by Crippen LogP contribution is 2.24. The average molecular weight is 479 g/mol. The average Bonchev–Trinajstić information content (AvgIpc) is 3.33. The summed E-state index contributed by atoms with van der Waals surface area (Å²) in [5.74, 6) is -0.194. The van der Waals surface area contributed by atoms with Crippen molar-refractivity contribution in [3.05, 3.63) is 58.9 Å². The van der Waals surface area contributed by atoms with Gasteiger partial charge in [0.05, 0.1) is 11.1 Å². The highest BCUT2D eigenvalue weighted by Gasteiger charge is 2.26. The van der Waals surface area contributed by atoms with Crippen molar-refractivity contribution in [1.82, 2.24) is 19.5 Å². The third kappa shape index (κ3) is 5.65. The van der Waals surface area contributed by atoms with Gasteiger partial charge >= 0.3 is 0 Å². The lowest BCUT2D eigenvalue weighted by atomic mass is 10.1. The molecule has 1 atom stereocenters. The zero-order valence-corrected chi connectivity index (χ0v) is 19.3. The molecule has 10 heteroatoms. The number of ether oxygens (including phenoxy) is 1. The number of piperazine rings is 1. The SMILES string of the molecule is O=C(c1ccc(Cl)c(S(=O)(=O)NC[C@@H]2CCCO2)c1)N1CCN(Cc2ccncc2)CC1. The van der Waals surface area contributed by atoms with Crippen molar-refractivity contribution in [1.29, 1.82) is 0 Å². The smallest absolute Gasteiger partial charge is 0.253 e. The van der Waals surface area contributed by atoms with Gasteiger partial charge in [-0.1, -0.05) is 11.6 Å². The third-order valence-corrected chi connectivity index (χ3v) is 7.71. The summed E-state index contributed by atoms with van der Waals surface area (Å²) in [5.41, 5.74) is 1.50. The predicted octanol–water partition coefficient (Wildman–Crippen LogP) is 2.15. The van der Waals surface area contributed by atoms with Crippen LogP contribution in [-0.4, -0.2) is 74.5 Å². The largest absolute Gasteiger partial charge is 0.377 e. The molecule has 0 bridgehead atoms. The number of halogens is 1. The topological polar surface area (TPSA) is 91.8 Å². The Balaban J connectivity index is 1.38. The Hall–Kier alpha value is -2.04. The van der Waals surface area contributed by atoms with Crippen LogP contribution in [0.4, 0.5) is 0 Å². The second-order valence-corrected chi connectivity index (χ2v) is 10.2. The third-order valence-electron chi connectivity index (χ3n) is 5.81. The zero-order valence-electron chi connectivity index (χ0n) is 17.7. The summed E-state index contributed by atoms with van der Waals surface area (Å²) in [4.78, 5) is 21.0. The molecule has 172 valence electrons. The van der Waals surface area contributed by atoms with Crippen LogP contribution >= 0.6 is 11.6 Å². The van der Waals surface area contributed by atoms with Crippen LogP contribution in [0.25, 0.3) is 0 Å². The van der Waals surface area contributed by atoms with Crippen LogP contribution in [0.2, 0.25) is 5.02 Å². The van der Waals surface area contributed by atoms with Crippen molar-refractivity contribution >= 4 is 27.5 Å². The van der Waals surface area contributed by atoms with Crippen molar-refractivity contribution in [2.75, 3.05) is 39.3 Å². The lowest BCUT2D eigenvalue weighted by Crippen LogP contribution is -2.48. The van der Waals surface area contributed by atoms with Crippen molar-refractivity contribution < 1.29 is 17.9 Å². The van der Waals surface area contributed by atoms with E-state index in [1.165, 1.54) is 17.7 Å². The van der Waals surface area contributed by atoms with Gasteiger partial charge in [-0.3, -0.25) is 14.7 Å². The van der Waals surface area contributed by atoms with Crippen LogP contribution in [0.1, 0.15) is 28.8 Å². The van der Waals surface area contributed by atoms with E-state index in [1.54, 1.807) is 23.4 Å². The van der Waals surface area contributed by atoms with Crippen LogP contribution in [0, 0.1) is 0 Å². The molecule has 2 aliphatic rings. The number of nitrogens with one attached hydrogen (secondary N) is 1. The number of hydrogen-bond acceptors (Lipinski definition) is 6. The molecular weight excluding hydrogens is 452 g/mol. The van der Waals surface area contributed by atoms with Gasteiger partial charge < -0.3 is 9.64 Å². The minimum atomic E-state index is -3.85. The number of pyridine rings is 1. The predicted molar refractivity (Wildman–Crippen MR) is 121 cm³/mol. The molecule has 1 aromatic heterocycles. The van der Waals surface area contributed by atoms with Crippen LogP contribution < -0.4 is 4.72 Å². The fourth-order valence-corrected chi connectivity index (χ4v) is 5.56. The fraction of sp³-hybridized carbons (Fsp3) is 0.455. The number of benzene rings is 1. The van der Waals surface area contributed by atoms with Gasteiger partial charge in [0, 0.05) is 63.8 Å². The van der Waals surface area contributed by atoms with Crippen LogP contribution in [0.15, 0.2) is 47.6 Å². The standard InChI is InChI=1S/C22H27ClN4O4S/c23-20-4-3-18(14-21(20)32(29,30)25-15-19-2-1-13-31-19)22(28)27-11-9-26(10-12-27)16-17-5-7-24-8-6-17/h3-8,14,19,25H,1-2,9-13,15-16H2/t19-/m0/s1. The van der Waals surface area contributed by atoms with Crippen molar-refractivity contribution in [2.24, 2.45) is 0 Å². The first-order valence-corrected chi connectivity index (χ1v) is 12.6. The van der Waals surface area contributed by atoms with Crippen molar-refractivity contribution in [3.63, 3.8) is 0 Å². The first kappa shape index (κ1) is 23.1. The summed E-state index contributed by atoms with van der Waals surface area (Å²) in [6, 6.07) is 8.38. The molecule has 0 unspecified atom stereocenters. The van der Waals surface area contributed by atoms with E-state index < -0.39 is 10.0 Å². The molecule has 4 rings (SSSR count). The number of amides is 1. The first-order chi connectivity index (χ1) is 15.4. The lowest BCUT2D eigenvalue weighted by molar-refractivity contribution is 0.0628. The fourth-order valence-electron chi connectivity index (χ4n) is 3.97. The zero-order chi connectivity index (χ0) is 22.6. The number of carbonyl (C=O) groups excluding carboxylic acids is 1. The Morgan fingerprint density at radius 1 is 1.16 bits per heavy atom. The number of aromatic nitrogens is 1. The normalized spacial score (nSPS) is 19.9. The molecular formula is C22H27ClN4O4S. The van der Waals surface area contributed by atoms with Gasteiger partial charge in [-0.15, -0.1) is 0 Å². The maximum atomic E-state index is 13.0. The monoisotopic (exact) mass is 478 g/mol. The molecule has 0 aliphatic carbocycles. The van der Waals surface area contributed by atoms with Gasteiger partial charge in [0.15, 0.2) is 0 Å². The van der Waals surface area contributed by atoms with Crippen LogP contribution in [0.3, 0.4) is 0 Å². The molecule has 0 radical (unpaired) electrons. The maximum absolute atomic E-state index is 13.0. The Morgan fingerprint density at radius 3 is 2.59 bits per heavy atom. The van der Waals surface area contributed by atoms with E-state index in [1.807, 2.05) is 12.1 Å². The van der Waals surface area contributed by atoms with Gasteiger partial charge in [0.25, 0.3) is 5.91 Å². The molecule has 0 spiro atoms. The van der Waals surface area contributed by atoms with Crippen LogP contribution in [0.5, 0.6) is 0 Å². The highest BCUT2D eigenvalue weighted by molar-refractivity contribution is 7.89. The van der Waals surface area contributed by atoms with E-state index >= 15 is 0 Å². The number of hydrogen-bond donors (Lipinski definition) is 1. The van der Waals surface area contributed by atoms with E-state index in [-0.39, 0.29) is 28.5 Å². The summed E-state index contributed by atoms with van der Waals surface area (Å²) in [6.45, 7) is 4.29. The Morgan fingerprint density at radius 2 is 1.91 bits per heavy atom. The minimum absolute atomic E-state index is 0.0839. The summed E-state index contributed by atoms with van der Waals surface area (Å²) in [5, 5.41) is 0.0866. The summed E-state index contributed by atoms with van der Waals surface area (Å²) in [7, 11) is -3.85. The molecule has 0 saturated carbocycles. The van der Waals surface area contributed by atoms with E-state index in [0.717, 1.165) is 32.5 Å². The Labute approximate surface area is 193 Å². The molecule has 8 nitrogen and oxygen atoms in total. The Bertz CT molecular complexity index is 1040. The van der Waals surface area contributed by atoms with Crippen molar-refractivity contribution in [3.8, 4) is 0 Å². The van der Waals surface area contributed by atoms with Crippen LogP contribution in [-0.2, 0) is 21.3 Å². The molecule has 2 fully saturated rings. The number of nitrogens with zero attached hydrogens (tertiary/aromatic N) is 3. The summed E-state index contributed by atoms with van der Waals surface area (Å²) >= 11 is 6.18. The first-order valence-electron chi connectivity index (χ1n) is 10.7. The van der Waals surface area contributed by atoms with Gasteiger partial charge in [0.2, 0.25) is 10.0 Å². The van der Waals surface area contributed by atoms with E-state index in [4.69, 9.17) is 16.3 Å². The van der Waals surface area contributed by atoms with Gasteiger partial charge in [-0.25, -0.2) is 13.1 Å². The summed E-state index contributed by atoms with van der Waals surface area (Å²) in [6.07, 6.45) is 5.17. The number of sulfonamides is 1. The van der Waals surface area contributed by atoms with Gasteiger partial charge in [-0.2, -0.15) is 0 Å². The molecule has 3 heterocycles. The Kier molecular flexibility index (Phi) is 7.42. The number of rotatable bonds is 7. The summed E-state index contributed by atoms with van der Waals surface area (Å²) < 4.78 is 33.6. The van der Waals surface area contributed by atoms with E-state index in [9.17, 15) is 13.2 Å². The minimum Gasteiger partial charge on any atom is -0.377 e. The van der Waals surface area contributed by atoms with Gasteiger partial charge in [0.1, 0.15) is 4.90 Å². The second-order valence-electron chi connectivity index (χ2n) is 8.06. The second kappa shape index (κ2) is 10.3.